The van der Waals surface area contributed by atoms with Gasteiger partial charge in [-0.3, -0.25) is 19.7 Å². The van der Waals surface area contributed by atoms with Gasteiger partial charge >= 0.3 is 5.91 Å². The summed E-state index contributed by atoms with van der Waals surface area (Å²) in [7, 11) is 1.65. The van der Waals surface area contributed by atoms with E-state index < -0.39 is 16.7 Å². The molecule has 36 heavy (non-hydrogen) atoms. The molecule has 0 radical (unpaired) electrons. The molecule has 0 saturated carbocycles. The molecule has 0 aliphatic heterocycles. The Morgan fingerprint density at radius 2 is 1.78 bits per heavy atom. The number of carbonyl (C=O) groups is 2. The van der Waals surface area contributed by atoms with Gasteiger partial charge in [0.2, 0.25) is 5.88 Å². The van der Waals surface area contributed by atoms with Gasteiger partial charge in [0.15, 0.2) is 5.69 Å². The minimum atomic E-state index is -0.885. The highest BCUT2D eigenvalue weighted by atomic mass is 79.9. The fourth-order valence-corrected chi connectivity index (χ4v) is 3.79. The van der Waals surface area contributed by atoms with Crippen molar-refractivity contribution < 1.29 is 19.6 Å². The molecule has 11 heteroatoms. The van der Waals surface area contributed by atoms with Crippen molar-refractivity contribution in [2.24, 2.45) is 17.3 Å². The molecule has 4 rings (SSSR count). The molecule has 0 aliphatic rings. The summed E-state index contributed by atoms with van der Waals surface area (Å²) >= 11 is 3.38. The lowest BCUT2D eigenvalue weighted by Gasteiger charge is -2.07. The van der Waals surface area contributed by atoms with E-state index in [1.165, 1.54) is 34.9 Å². The van der Waals surface area contributed by atoms with E-state index in [-0.39, 0.29) is 23.0 Å². The number of halogens is 1. The van der Waals surface area contributed by atoms with Crippen LogP contribution < -0.4 is 5.32 Å². The van der Waals surface area contributed by atoms with Crippen molar-refractivity contribution in [1.29, 1.82) is 0 Å². The van der Waals surface area contributed by atoms with Gasteiger partial charge in [0, 0.05) is 34.6 Å². The molecule has 0 unspecified atom stereocenters. The molecule has 0 aliphatic carbocycles. The van der Waals surface area contributed by atoms with Crippen molar-refractivity contribution in [3.8, 4) is 5.88 Å². The Morgan fingerprint density at radius 1 is 1.08 bits per heavy atom. The number of fused-ring (bicyclic) bond motifs is 1. The van der Waals surface area contributed by atoms with Gasteiger partial charge in [0.05, 0.1) is 10.4 Å². The number of aryl methyl sites for hydroxylation is 1. The molecule has 0 spiro atoms. The Kier molecular flexibility index (Phi) is 7.02. The van der Waals surface area contributed by atoms with Gasteiger partial charge in [0.25, 0.3) is 11.6 Å². The second-order valence-electron chi connectivity index (χ2n) is 7.62. The number of nitrogens with one attached hydrogen (secondary N) is 1. The summed E-state index contributed by atoms with van der Waals surface area (Å²) in [4.78, 5) is 36.2. The van der Waals surface area contributed by atoms with Gasteiger partial charge < -0.3 is 15.0 Å². The maximum atomic E-state index is 13.0. The van der Waals surface area contributed by atoms with Crippen LogP contribution in [0.15, 0.2) is 93.2 Å². The number of aromatic hydroxyl groups is 1. The first-order valence-corrected chi connectivity index (χ1v) is 11.3. The average molecular weight is 548 g/mol. The number of azo groups is 1. The zero-order chi connectivity index (χ0) is 25.8. The highest BCUT2D eigenvalue weighted by molar-refractivity contribution is 9.10. The number of nitro groups is 1. The molecule has 0 bridgehead atoms. The van der Waals surface area contributed by atoms with E-state index in [4.69, 9.17) is 0 Å². The number of nitro benzene ring substituents is 1. The molecule has 10 nitrogen and oxygen atoms in total. The summed E-state index contributed by atoms with van der Waals surface area (Å²) in [5.74, 6) is -1.62. The van der Waals surface area contributed by atoms with Gasteiger partial charge in [-0.25, -0.2) is 0 Å². The van der Waals surface area contributed by atoms with Gasteiger partial charge in [-0.2, -0.15) is 0 Å². The van der Waals surface area contributed by atoms with Crippen LogP contribution in [0.1, 0.15) is 15.9 Å². The number of benzene rings is 3. The molecule has 180 valence electrons. The molecule has 0 atom stereocenters. The molecule has 2 amide bonds. The normalized spacial score (nSPS) is 11.7. The number of amides is 2. The van der Waals surface area contributed by atoms with Crippen LogP contribution in [0.4, 0.5) is 11.4 Å². The van der Waals surface area contributed by atoms with E-state index >= 15 is 0 Å². The Morgan fingerprint density at radius 3 is 2.44 bits per heavy atom. The van der Waals surface area contributed by atoms with Crippen LogP contribution in [0.3, 0.4) is 0 Å². The predicted octanol–water partition coefficient (Wildman–Crippen LogP) is 5.64. The number of nitrogens with zero attached hydrogens (tertiary/aromatic N) is 4. The lowest BCUT2D eigenvalue weighted by Crippen LogP contribution is -2.26. The molecular weight excluding hydrogens is 530 g/mol. The maximum absolute atomic E-state index is 13.0. The highest BCUT2D eigenvalue weighted by Gasteiger charge is 2.18. The van der Waals surface area contributed by atoms with Gasteiger partial charge in [-0.15, -0.1) is 10.2 Å². The van der Waals surface area contributed by atoms with Crippen molar-refractivity contribution in [2.45, 2.75) is 0 Å². The number of carbonyl (C=O) groups excluding carboxylic acids is 2. The third-order valence-electron chi connectivity index (χ3n) is 5.27. The number of non-ortho nitro benzene ring substituents is 1. The SMILES string of the molecule is Cn1c(O)c(N=NC(=O)/C(=C/c2ccc([N+](=O)[O-])cc2)NC(=O)c2ccccc2)c2cc(Br)ccc21. The van der Waals surface area contributed by atoms with Gasteiger partial charge in [-0.1, -0.05) is 34.1 Å². The molecule has 3 aromatic carbocycles. The number of aromatic nitrogens is 1. The zero-order valence-electron chi connectivity index (χ0n) is 18.8. The molecule has 1 aromatic heterocycles. The minimum Gasteiger partial charge on any atom is -0.493 e. The van der Waals surface area contributed by atoms with Crippen molar-refractivity contribution in [2.75, 3.05) is 0 Å². The number of hydrogen-bond acceptors (Lipinski definition) is 6. The van der Waals surface area contributed by atoms with Crippen molar-refractivity contribution >= 4 is 56.1 Å². The molecule has 0 saturated heterocycles. The van der Waals surface area contributed by atoms with Crippen LogP contribution >= 0.6 is 15.9 Å². The van der Waals surface area contributed by atoms with E-state index in [2.05, 4.69) is 31.5 Å². The topological polar surface area (TPSA) is 139 Å². The predicted molar refractivity (Wildman–Crippen MR) is 137 cm³/mol. The minimum absolute atomic E-state index is 0.0891. The fourth-order valence-electron chi connectivity index (χ4n) is 3.43. The van der Waals surface area contributed by atoms with E-state index in [9.17, 15) is 24.8 Å². The molecule has 2 N–H and O–H groups in total. The molecule has 1 heterocycles. The first-order valence-electron chi connectivity index (χ1n) is 10.5. The molecule has 4 aromatic rings. The van der Waals surface area contributed by atoms with Crippen molar-refractivity contribution in [3.05, 3.63) is 104 Å². The van der Waals surface area contributed by atoms with Gasteiger partial charge in [-0.05, 0) is 54.1 Å². The van der Waals surface area contributed by atoms with Crippen LogP contribution in [-0.2, 0) is 11.8 Å². The Labute approximate surface area is 212 Å². The average Bonchev–Trinajstić information content (AvgIpc) is 3.11. The van der Waals surface area contributed by atoms with E-state index in [1.54, 1.807) is 55.6 Å². The summed E-state index contributed by atoms with van der Waals surface area (Å²) in [6.45, 7) is 0. The van der Waals surface area contributed by atoms with Crippen LogP contribution in [0.5, 0.6) is 5.88 Å². The smallest absolute Gasteiger partial charge is 0.311 e. The van der Waals surface area contributed by atoms with Crippen LogP contribution in [-0.4, -0.2) is 26.4 Å². The Hall–Kier alpha value is -4.64. The summed E-state index contributed by atoms with van der Waals surface area (Å²) in [5, 5.41) is 32.3. The summed E-state index contributed by atoms with van der Waals surface area (Å²) < 4.78 is 2.25. The lowest BCUT2D eigenvalue weighted by molar-refractivity contribution is -0.384. The highest BCUT2D eigenvalue weighted by Crippen LogP contribution is 2.39. The Bertz CT molecular complexity index is 1540. The summed E-state index contributed by atoms with van der Waals surface area (Å²) in [6, 6.07) is 19.0. The standard InChI is InChI=1S/C25H18BrN5O5/c1-30-21-12-9-17(26)14-19(21)22(25(30)34)28-29-24(33)20(27-23(32)16-5-3-2-4-6-16)13-15-7-10-18(11-8-15)31(35)36/h2-14,34H,1H3,(H,27,32)/b20-13-,29-28?. The lowest BCUT2D eigenvalue weighted by atomic mass is 10.1. The van der Waals surface area contributed by atoms with Crippen molar-refractivity contribution in [3.63, 3.8) is 0 Å². The van der Waals surface area contributed by atoms with Crippen LogP contribution in [0.25, 0.3) is 17.0 Å². The fraction of sp³-hybridized carbons (Fsp3) is 0.0400. The monoisotopic (exact) mass is 547 g/mol. The third-order valence-corrected chi connectivity index (χ3v) is 5.77. The quantitative estimate of drug-likeness (QED) is 0.139. The third kappa shape index (κ3) is 5.20. The van der Waals surface area contributed by atoms with Gasteiger partial charge in [0.1, 0.15) is 5.70 Å². The first-order chi connectivity index (χ1) is 17.2. The second-order valence-corrected chi connectivity index (χ2v) is 8.54. The summed E-state index contributed by atoms with van der Waals surface area (Å²) in [6.07, 6.45) is 1.34. The summed E-state index contributed by atoms with van der Waals surface area (Å²) in [5.41, 5.74) is 1.17. The Balaban J connectivity index is 1.70. The van der Waals surface area contributed by atoms with Crippen molar-refractivity contribution in [1.82, 2.24) is 9.88 Å². The van der Waals surface area contributed by atoms with E-state index in [0.717, 1.165) is 4.47 Å². The van der Waals surface area contributed by atoms with Crippen LogP contribution in [0.2, 0.25) is 0 Å². The molecular formula is C25H18BrN5O5. The first kappa shape index (κ1) is 24.5. The molecule has 0 fully saturated rings. The van der Waals surface area contributed by atoms with Crippen LogP contribution in [0, 0.1) is 10.1 Å². The van der Waals surface area contributed by atoms with E-state index in [0.29, 0.717) is 22.0 Å². The second kappa shape index (κ2) is 10.3. The number of hydrogen-bond donors (Lipinski definition) is 2. The zero-order valence-corrected chi connectivity index (χ0v) is 20.3. The van der Waals surface area contributed by atoms with E-state index in [1.807, 2.05) is 0 Å². The maximum Gasteiger partial charge on any atom is 0.311 e. The largest absolute Gasteiger partial charge is 0.493 e. The number of rotatable bonds is 6.